The second-order valence-electron chi connectivity index (χ2n) is 26.4. The monoisotopic (exact) mass is 1080 g/mol. The van der Waals surface area contributed by atoms with Crippen LogP contribution in [-0.4, -0.2) is 6.85 Å². The molecule has 0 N–H and O–H groups in total. The first-order valence-corrected chi connectivity index (χ1v) is 30.2. The Hall–Kier alpha value is -8.19. The van der Waals surface area contributed by atoms with Crippen LogP contribution in [-0.2, 0) is 21.7 Å². The molecule has 82 heavy (non-hydrogen) atoms. The van der Waals surface area contributed by atoms with Crippen molar-refractivity contribution in [2.24, 2.45) is 0 Å². The van der Waals surface area contributed by atoms with Crippen molar-refractivity contribution in [1.29, 1.82) is 0 Å². The first-order valence-electron chi connectivity index (χ1n) is 29.4. The molecule has 0 unspecified atom stereocenters. The first kappa shape index (κ1) is 50.8. The van der Waals surface area contributed by atoms with Crippen LogP contribution < -0.4 is 30.3 Å². The van der Waals surface area contributed by atoms with Crippen molar-refractivity contribution in [3.63, 3.8) is 0 Å². The molecule has 15 rings (SSSR count). The van der Waals surface area contributed by atoms with Crippen molar-refractivity contribution < 1.29 is 4.74 Å². The van der Waals surface area contributed by atoms with E-state index in [1.807, 2.05) is 11.8 Å². The molecule has 0 saturated heterocycles. The van der Waals surface area contributed by atoms with E-state index in [1.54, 1.807) is 0 Å². The van der Waals surface area contributed by atoms with E-state index in [1.165, 1.54) is 100 Å². The van der Waals surface area contributed by atoms with Gasteiger partial charge in [0, 0.05) is 62.0 Å². The van der Waals surface area contributed by atoms with Gasteiger partial charge in [0.25, 0.3) is 0 Å². The molecule has 0 radical (unpaired) electrons. The van der Waals surface area contributed by atoms with E-state index in [9.17, 15) is 0 Å². The van der Waals surface area contributed by atoms with Gasteiger partial charge in [-0.15, -0.1) is 0 Å². The number of hydrogen-bond acceptors (Lipinski definition) is 5. The van der Waals surface area contributed by atoms with Crippen LogP contribution in [0.5, 0.6) is 11.5 Å². The number of fused-ring (bicyclic) bond motifs is 10. The standard InChI is InChI=1S/C76H68BN3OS/c1-47-38-60-61(75(7,8)37-36-74(60,5)6)44-64(47)79-66-46-71-69(81-68-32-22-23-33-70(68)82-71)45-62(66)77-72-57(40-52(41-67(72)79)78(50-26-16-12-17-27-50)51-28-18-13-19-29-51)56-42-59-55(53-30-20-21-31-58(53)76(59,9)10)43-65(56)80(77)63-35-34-49(73(2,3)4)39-54(63)48-24-14-11-15-25-48/h11-35,38-46H,36-37H2,1-10H3. The highest BCUT2D eigenvalue weighted by atomic mass is 32.2. The second-order valence-corrected chi connectivity index (χ2v) is 27.5. The highest BCUT2D eigenvalue weighted by molar-refractivity contribution is 7.99. The maximum Gasteiger partial charge on any atom is 0.333 e. The van der Waals surface area contributed by atoms with Crippen LogP contribution in [0.25, 0.3) is 33.4 Å². The molecule has 0 bridgehead atoms. The first-order chi connectivity index (χ1) is 39.4. The number of rotatable bonds is 6. The topological polar surface area (TPSA) is 19.0 Å². The summed E-state index contributed by atoms with van der Waals surface area (Å²) in [7, 11) is 0. The van der Waals surface area contributed by atoms with Gasteiger partial charge in [-0.05, 0) is 194 Å². The predicted molar refractivity (Wildman–Crippen MR) is 347 cm³/mol. The van der Waals surface area contributed by atoms with E-state index in [0.29, 0.717) is 0 Å². The Morgan fingerprint density at radius 1 is 0.463 bits per heavy atom. The maximum absolute atomic E-state index is 7.12. The molecule has 0 atom stereocenters. The molecular weight excluding hydrogens is 1010 g/mol. The summed E-state index contributed by atoms with van der Waals surface area (Å²) in [5, 5.41) is 0. The van der Waals surface area contributed by atoms with Crippen molar-refractivity contribution >= 4 is 75.0 Å². The average Bonchev–Trinajstić information content (AvgIpc) is 1.07. The third-order valence-electron chi connectivity index (χ3n) is 19.0. The molecule has 0 spiro atoms. The molecule has 3 heterocycles. The molecule has 3 aliphatic heterocycles. The van der Waals surface area contributed by atoms with Gasteiger partial charge in [0.05, 0.1) is 9.79 Å². The minimum Gasteiger partial charge on any atom is -0.455 e. The molecule has 2 aliphatic carbocycles. The highest BCUT2D eigenvalue weighted by Gasteiger charge is 2.49. The number of aryl methyl sites for hydroxylation is 1. The fraction of sp³-hybridized carbons (Fsp3) is 0.211. The predicted octanol–water partition coefficient (Wildman–Crippen LogP) is 20.0. The summed E-state index contributed by atoms with van der Waals surface area (Å²) in [6.45, 7) is 23.7. The van der Waals surface area contributed by atoms with Crippen molar-refractivity contribution in [3.8, 4) is 44.9 Å². The highest BCUT2D eigenvalue weighted by Crippen LogP contribution is 2.59. The molecule has 0 aromatic heterocycles. The Morgan fingerprint density at radius 2 is 1.11 bits per heavy atom. The van der Waals surface area contributed by atoms with E-state index in [2.05, 4.69) is 290 Å². The number of nitrogens with zero attached hydrogens (tertiary/aromatic N) is 3. The normalized spacial score (nSPS) is 16.1. The van der Waals surface area contributed by atoms with Gasteiger partial charge in [0.15, 0.2) is 0 Å². The van der Waals surface area contributed by atoms with Crippen LogP contribution in [0.4, 0.5) is 45.5 Å². The summed E-state index contributed by atoms with van der Waals surface area (Å²) >= 11 is 1.81. The Kier molecular flexibility index (Phi) is 11.2. The van der Waals surface area contributed by atoms with Gasteiger partial charge in [0.2, 0.25) is 0 Å². The Bertz CT molecular complexity index is 4230. The fourth-order valence-corrected chi connectivity index (χ4v) is 15.4. The fourth-order valence-electron chi connectivity index (χ4n) is 14.4. The molecule has 10 aromatic carbocycles. The molecule has 10 aromatic rings. The molecule has 0 saturated carbocycles. The van der Waals surface area contributed by atoms with Gasteiger partial charge in [-0.3, -0.25) is 0 Å². The van der Waals surface area contributed by atoms with Gasteiger partial charge in [-0.2, -0.15) is 0 Å². The lowest BCUT2D eigenvalue weighted by atomic mass is 9.43. The maximum atomic E-state index is 7.12. The number of benzene rings is 10. The molecule has 0 amide bonds. The van der Waals surface area contributed by atoms with Crippen molar-refractivity contribution in [2.45, 2.75) is 114 Å². The summed E-state index contributed by atoms with van der Waals surface area (Å²) in [6, 6.07) is 78.2. The summed E-state index contributed by atoms with van der Waals surface area (Å²) in [5.74, 6) is 1.78. The number of para-hydroxylation sites is 3. The third kappa shape index (κ3) is 7.73. The zero-order chi connectivity index (χ0) is 56.2. The van der Waals surface area contributed by atoms with Crippen molar-refractivity contribution in [1.82, 2.24) is 0 Å². The molecule has 5 aliphatic rings. The van der Waals surface area contributed by atoms with Crippen LogP contribution in [0.15, 0.2) is 216 Å². The van der Waals surface area contributed by atoms with Gasteiger partial charge in [0.1, 0.15) is 11.5 Å². The van der Waals surface area contributed by atoms with Crippen LogP contribution in [0.3, 0.4) is 0 Å². The molecule has 4 nitrogen and oxygen atoms in total. The smallest absolute Gasteiger partial charge is 0.333 e. The van der Waals surface area contributed by atoms with Crippen LogP contribution >= 0.6 is 11.8 Å². The van der Waals surface area contributed by atoms with Crippen molar-refractivity contribution in [2.75, 3.05) is 14.6 Å². The number of hydrogen-bond donors (Lipinski definition) is 0. The minimum atomic E-state index is -0.297. The third-order valence-corrected chi connectivity index (χ3v) is 20.1. The summed E-state index contributed by atoms with van der Waals surface area (Å²) < 4.78 is 7.12. The summed E-state index contributed by atoms with van der Waals surface area (Å²) in [5.41, 5.74) is 27.0. The van der Waals surface area contributed by atoms with Crippen LogP contribution in [0.2, 0.25) is 0 Å². The van der Waals surface area contributed by atoms with Gasteiger partial charge < -0.3 is 19.3 Å². The number of ether oxygens (including phenoxy) is 1. The Balaban J connectivity index is 1.12. The summed E-state index contributed by atoms with van der Waals surface area (Å²) in [6.07, 6.45) is 2.27. The van der Waals surface area contributed by atoms with Crippen LogP contribution in [0, 0.1) is 6.92 Å². The van der Waals surface area contributed by atoms with E-state index in [4.69, 9.17) is 4.74 Å². The van der Waals surface area contributed by atoms with E-state index < -0.39 is 0 Å². The Labute approximate surface area is 489 Å². The zero-order valence-electron chi connectivity index (χ0n) is 48.8. The van der Waals surface area contributed by atoms with E-state index in [-0.39, 0.29) is 28.5 Å². The Morgan fingerprint density at radius 3 is 1.82 bits per heavy atom. The van der Waals surface area contributed by atoms with Crippen LogP contribution in [0.1, 0.15) is 109 Å². The average molecular weight is 1080 g/mol. The number of anilines is 8. The zero-order valence-corrected chi connectivity index (χ0v) is 49.6. The SMILES string of the molecule is Cc1cc2c(cc1N1c3cc4c(cc3B3c5c(cc(N(c6ccccc6)c6ccccc6)cc51)-c1cc5c(cc1N3c1ccc(C(C)(C)C)cc1-c1ccccc1)-c1ccccc1C5(C)C)Oc1ccccc1S4)C(C)(C)CCC2(C)C. The van der Waals surface area contributed by atoms with Crippen molar-refractivity contribution in [3.05, 3.63) is 240 Å². The quantitative estimate of drug-likeness (QED) is 0.154. The minimum absolute atomic E-state index is 0.0239. The van der Waals surface area contributed by atoms with Gasteiger partial charge in [-0.1, -0.05) is 189 Å². The largest absolute Gasteiger partial charge is 0.455 e. The van der Waals surface area contributed by atoms with Gasteiger partial charge >= 0.3 is 6.85 Å². The second kappa shape index (κ2) is 18.2. The van der Waals surface area contributed by atoms with E-state index >= 15 is 0 Å². The lowest BCUT2D eigenvalue weighted by Crippen LogP contribution is -2.61. The molecular formula is C76H68BN3OS. The molecule has 0 fully saturated rings. The molecule has 402 valence electrons. The van der Waals surface area contributed by atoms with Gasteiger partial charge in [-0.25, -0.2) is 0 Å². The lowest BCUT2D eigenvalue weighted by molar-refractivity contribution is 0.332. The molecule has 6 heteroatoms. The summed E-state index contributed by atoms with van der Waals surface area (Å²) in [4.78, 5) is 10.1. The lowest BCUT2D eigenvalue weighted by Gasteiger charge is -2.48. The van der Waals surface area contributed by atoms with E-state index in [0.717, 1.165) is 56.9 Å².